The zero-order valence-electron chi connectivity index (χ0n) is 15.4. The number of carbonyl (C=O) groups excluding carboxylic acids is 1. The second kappa shape index (κ2) is 7.84. The highest BCUT2D eigenvalue weighted by Gasteiger charge is 2.24. The lowest BCUT2D eigenvalue weighted by Gasteiger charge is -2.15. The molecule has 7 nitrogen and oxygen atoms in total. The van der Waals surface area contributed by atoms with Crippen molar-refractivity contribution in [3.63, 3.8) is 0 Å². The molecule has 0 aliphatic rings. The first-order valence-electron chi connectivity index (χ1n) is 8.54. The van der Waals surface area contributed by atoms with Gasteiger partial charge in [-0.15, -0.1) is 0 Å². The van der Waals surface area contributed by atoms with Crippen LogP contribution in [0.25, 0.3) is 0 Å². The summed E-state index contributed by atoms with van der Waals surface area (Å²) < 4.78 is 11.7. The molecule has 28 heavy (non-hydrogen) atoms. The first-order valence-corrected chi connectivity index (χ1v) is 8.54. The summed E-state index contributed by atoms with van der Waals surface area (Å²) in [7, 11) is 0. The molecule has 7 heteroatoms. The summed E-state index contributed by atoms with van der Waals surface area (Å²) in [5.74, 6) is -0.147. The zero-order chi connectivity index (χ0) is 20.3. The third-order valence-electron chi connectivity index (χ3n) is 4.33. The van der Waals surface area contributed by atoms with Gasteiger partial charge in [-0.1, -0.05) is 12.1 Å². The van der Waals surface area contributed by atoms with Crippen molar-refractivity contribution in [1.82, 2.24) is 4.57 Å². The van der Waals surface area contributed by atoms with E-state index >= 15 is 0 Å². The summed E-state index contributed by atoms with van der Waals surface area (Å²) in [6, 6.07) is 12.3. The van der Waals surface area contributed by atoms with E-state index in [0.29, 0.717) is 11.5 Å². The van der Waals surface area contributed by atoms with Gasteiger partial charge in [0.1, 0.15) is 23.1 Å². The molecular weight excluding hydrogens is 360 g/mol. The predicted molar refractivity (Wildman–Crippen MR) is 101 cm³/mol. The fraction of sp³-hybridized carbons (Fsp3) is 0.190. The molecule has 1 N–H and O–H groups in total. The number of ketones is 1. The van der Waals surface area contributed by atoms with Gasteiger partial charge in [0.25, 0.3) is 5.56 Å². The van der Waals surface area contributed by atoms with Crippen LogP contribution < -0.4 is 10.3 Å². The first kappa shape index (κ1) is 19.0. The minimum Gasteiger partial charge on any atom is -0.494 e. The maximum atomic E-state index is 12.7. The summed E-state index contributed by atoms with van der Waals surface area (Å²) in [5, 5.41) is 20.0. The Hall–Kier alpha value is -3.79. The van der Waals surface area contributed by atoms with E-state index in [-0.39, 0.29) is 29.8 Å². The number of hydrogen-bond donors (Lipinski definition) is 1. The Morgan fingerprint density at radius 3 is 2.71 bits per heavy atom. The van der Waals surface area contributed by atoms with Crippen molar-refractivity contribution in [2.24, 2.45) is 0 Å². The zero-order valence-corrected chi connectivity index (χ0v) is 15.4. The van der Waals surface area contributed by atoms with Crippen molar-refractivity contribution in [1.29, 1.82) is 5.26 Å². The topological polar surface area (TPSA) is 105 Å². The van der Waals surface area contributed by atoms with E-state index in [4.69, 9.17) is 9.15 Å². The van der Waals surface area contributed by atoms with Gasteiger partial charge >= 0.3 is 0 Å². The highest BCUT2D eigenvalue weighted by molar-refractivity contribution is 6.01. The number of pyridine rings is 1. The van der Waals surface area contributed by atoms with Crippen LogP contribution in [0, 0.1) is 25.2 Å². The van der Waals surface area contributed by atoms with Gasteiger partial charge < -0.3 is 14.3 Å². The molecule has 0 radical (unpaired) electrons. The Balaban J connectivity index is 1.98. The number of aromatic nitrogens is 1. The van der Waals surface area contributed by atoms with Crippen LogP contribution >= 0.6 is 0 Å². The van der Waals surface area contributed by atoms with Gasteiger partial charge in [-0.25, -0.2) is 0 Å². The molecule has 2 aromatic heterocycles. The largest absolute Gasteiger partial charge is 0.494 e. The minimum atomic E-state index is -0.690. The van der Waals surface area contributed by atoms with Crippen LogP contribution in [0.15, 0.2) is 51.9 Å². The SMILES string of the molecule is Cc1cccc(OCC(=O)c2c(C)c(C#N)c(=O)n(Cc3ccco3)c2O)c1. The average molecular weight is 378 g/mol. The van der Waals surface area contributed by atoms with E-state index < -0.39 is 17.2 Å². The number of carbonyl (C=O) groups is 1. The Labute approximate surface area is 161 Å². The Kier molecular flexibility index (Phi) is 5.32. The van der Waals surface area contributed by atoms with Crippen LogP contribution in [-0.2, 0) is 6.54 Å². The lowest BCUT2D eigenvalue weighted by molar-refractivity contribution is 0.0916. The lowest BCUT2D eigenvalue weighted by Crippen LogP contribution is -2.28. The summed E-state index contributed by atoms with van der Waals surface area (Å²) in [6.07, 6.45) is 1.43. The molecule has 0 aliphatic heterocycles. The van der Waals surface area contributed by atoms with Gasteiger partial charge in [0, 0.05) is 0 Å². The van der Waals surface area contributed by atoms with Crippen molar-refractivity contribution in [3.05, 3.63) is 81.0 Å². The molecule has 0 saturated carbocycles. The van der Waals surface area contributed by atoms with E-state index in [1.54, 1.807) is 30.3 Å². The van der Waals surface area contributed by atoms with Crippen molar-refractivity contribution in [2.75, 3.05) is 6.61 Å². The molecule has 0 bridgehead atoms. The predicted octanol–water partition coefficient (Wildman–Crippen LogP) is 2.95. The molecule has 142 valence electrons. The average Bonchev–Trinajstić information content (AvgIpc) is 3.17. The number of benzene rings is 1. The Morgan fingerprint density at radius 1 is 1.29 bits per heavy atom. The summed E-state index contributed by atoms with van der Waals surface area (Å²) in [5.41, 5.74) is 0.0879. The number of furan rings is 1. The van der Waals surface area contributed by atoms with Crippen LogP contribution in [0.4, 0.5) is 0 Å². The quantitative estimate of drug-likeness (QED) is 0.661. The second-order valence-corrected chi connectivity index (χ2v) is 6.31. The van der Waals surface area contributed by atoms with Crippen molar-refractivity contribution < 1.29 is 19.1 Å². The normalized spacial score (nSPS) is 10.5. The maximum Gasteiger partial charge on any atom is 0.271 e. The minimum absolute atomic E-state index is 0.106. The third kappa shape index (κ3) is 3.67. The van der Waals surface area contributed by atoms with Gasteiger partial charge in [-0.3, -0.25) is 14.2 Å². The second-order valence-electron chi connectivity index (χ2n) is 6.31. The molecule has 0 fully saturated rings. The number of aryl methyl sites for hydroxylation is 1. The lowest BCUT2D eigenvalue weighted by atomic mass is 10.0. The van der Waals surface area contributed by atoms with Crippen LogP contribution in [0.5, 0.6) is 11.6 Å². The molecule has 0 unspecified atom stereocenters. The molecule has 0 amide bonds. The highest BCUT2D eigenvalue weighted by atomic mass is 16.5. The standard InChI is InChI=1S/C21H18N2O5/c1-13-5-3-6-15(9-13)28-12-18(24)19-14(2)17(10-22)20(25)23(21(19)26)11-16-7-4-8-27-16/h3-9,26H,11-12H2,1-2H3. The number of ether oxygens (including phenoxy) is 1. The molecule has 0 spiro atoms. The number of aromatic hydroxyl groups is 1. The molecule has 0 atom stereocenters. The Morgan fingerprint density at radius 2 is 2.07 bits per heavy atom. The molecule has 2 heterocycles. The first-order chi connectivity index (χ1) is 13.4. The summed E-state index contributed by atoms with van der Waals surface area (Å²) in [6.45, 7) is 2.90. The summed E-state index contributed by atoms with van der Waals surface area (Å²) in [4.78, 5) is 25.3. The van der Waals surface area contributed by atoms with E-state index in [0.717, 1.165) is 10.1 Å². The number of Topliss-reactive ketones (excluding diaryl/α,β-unsaturated/α-hetero) is 1. The van der Waals surface area contributed by atoms with Crippen molar-refractivity contribution in [3.8, 4) is 17.7 Å². The van der Waals surface area contributed by atoms with E-state index in [1.807, 2.05) is 19.1 Å². The van der Waals surface area contributed by atoms with E-state index in [1.165, 1.54) is 13.2 Å². The molecule has 1 aromatic carbocycles. The van der Waals surface area contributed by atoms with Crippen LogP contribution in [0.1, 0.15) is 32.8 Å². The fourth-order valence-electron chi connectivity index (χ4n) is 2.92. The molecular formula is C21H18N2O5. The summed E-state index contributed by atoms with van der Waals surface area (Å²) >= 11 is 0. The van der Waals surface area contributed by atoms with Crippen LogP contribution in [0.2, 0.25) is 0 Å². The molecule has 0 saturated heterocycles. The van der Waals surface area contributed by atoms with Crippen molar-refractivity contribution >= 4 is 5.78 Å². The van der Waals surface area contributed by atoms with Gasteiger partial charge in [-0.05, 0) is 49.2 Å². The highest BCUT2D eigenvalue weighted by Crippen LogP contribution is 2.24. The van der Waals surface area contributed by atoms with E-state index in [2.05, 4.69) is 0 Å². The fourth-order valence-corrected chi connectivity index (χ4v) is 2.92. The molecule has 0 aliphatic carbocycles. The molecule has 3 rings (SSSR count). The monoisotopic (exact) mass is 378 g/mol. The number of nitrogens with zero attached hydrogens (tertiary/aromatic N) is 2. The van der Waals surface area contributed by atoms with Crippen molar-refractivity contribution in [2.45, 2.75) is 20.4 Å². The van der Waals surface area contributed by atoms with Gasteiger partial charge in [-0.2, -0.15) is 5.26 Å². The third-order valence-corrected chi connectivity index (χ3v) is 4.33. The van der Waals surface area contributed by atoms with Crippen LogP contribution in [0.3, 0.4) is 0 Å². The van der Waals surface area contributed by atoms with Gasteiger partial charge in [0.05, 0.1) is 18.4 Å². The smallest absolute Gasteiger partial charge is 0.271 e. The molecule has 3 aromatic rings. The maximum absolute atomic E-state index is 12.7. The van der Waals surface area contributed by atoms with Crippen LogP contribution in [-0.4, -0.2) is 22.1 Å². The van der Waals surface area contributed by atoms with Gasteiger partial charge in [0.15, 0.2) is 6.61 Å². The Bertz CT molecular complexity index is 1120. The number of nitriles is 1. The van der Waals surface area contributed by atoms with E-state index in [9.17, 15) is 20.0 Å². The number of rotatable bonds is 6. The van der Waals surface area contributed by atoms with Gasteiger partial charge in [0.2, 0.25) is 11.7 Å². The number of hydrogen-bond acceptors (Lipinski definition) is 6.